The lowest BCUT2D eigenvalue weighted by Crippen LogP contribution is -2.38. The first-order valence-electron chi connectivity index (χ1n) is 10.3. The molecule has 1 aromatic rings. The Kier molecular flexibility index (Phi) is 4.56. The van der Waals surface area contributed by atoms with E-state index in [9.17, 15) is 14.7 Å². The summed E-state index contributed by atoms with van der Waals surface area (Å²) in [5, 5.41) is 9.55. The number of rotatable bonds is 3. The van der Waals surface area contributed by atoms with Crippen LogP contribution in [0.15, 0.2) is 12.1 Å². The average Bonchev–Trinajstić information content (AvgIpc) is 2.97. The Hall–Kier alpha value is -1.84. The lowest BCUT2D eigenvalue weighted by atomic mass is 9.60. The zero-order valence-electron chi connectivity index (χ0n) is 16.6. The highest BCUT2D eigenvalue weighted by molar-refractivity contribution is 5.70. The normalized spacial score (nSPS) is 32.8. The number of esters is 1. The van der Waals surface area contributed by atoms with Gasteiger partial charge in [-0.3, -0.25) is 9.59 Å². The van der Waals surface area contributed by atoms with Crippen molar-refractivity contribution >= 4 is 11.9 Å². The van der Waals surface area contributed by atoms with Crippen molar-refractivity contribution in [1.82, 2.24) is 0 Å². The summed E-state index contributed by atoms with van der Waals surface area (Å²) >= 11 is 0. The summed E-state index contributed by atoms with van der Waals surface area (Å²) in [6.45, 7) is 5.70. The topological polar surface area (TPSA) is 63.6 Å². The molecular weight excluding hydrogens is 340 g/mol. The van der Waals surface area contributed by atoms with Crippen molar-refractivity contribution in [1.29, 1.82) is 0 Å². The highest BCUT2D eigenvalue weighted by atomic mass is 16.5. The van der Waals surface area contributed by atoms with Crippen molar-refractivity contribution in [2.45, 2.75) is 77.7 Å². The van der Waals surface area contributed by atoms with E-state index in [1.165, 1.54) is 29.2 Å². The van der Waals surface area contributed by atoms with Crippen molar-refractivity contribution in [3.63, 3.8) is 0 Å². The number of carboxylic acids is 1. The summed E-state index contributed by atoms with van der Waals surface area (Å²) < 4.78 is 5.45. The van der Waals surface area contributed by atoms with E-state index in [0.29, 0.717) is 5.92 Å². The second kappa shape index (κ2) is 6.65. The predicted molar refractivity (Wildman–Crippen MR) is 103 cm³/mol. The first-order valence-corrected chi connectivity index (χ1v) is 10.3. The van der Waals surface area contributed by atoms with Crippen LogP contribution in [0.4, 0.5) is 0 Å². The molecular formula is C23H30O4. The number of hydrogen-bond donors (Lipinski definition) is 1. The Bertz CT molecular complexity index is 783. The van der Waals surface area contributed by atoms with Crippen molar-refractivity contribution in [3.05, 3.63) is 34.4 Å². The van der Waals surface area contributed by atoms with Crippen molar-refractivity contribution in [2.24, 2.45) is 17.3 Å². The third-order valence-electron chi connectivity index (χ3n) is 7.75. The molecule has 1 fully saturated rings. The Morgan fingerprint density at radius 2 is 1.96 bits per heavy atom. The number of fused-ring (bicyclic) bond motifs is 5. The molecule has 3 aliphatic carbocycles. The zero-order valence-corrected chi connectivity index (χ0v) is 16.6. The molecule has 0 saturated heterocycles. The van der Waals surface area contributed by atoms with Crippen LogP contribution in [0, 0.1) is 17.3 Å². The van der Waals surface area contributed by atoms with E-state index in [2.05, 4.69) is 19.1 Å². The first kappa shape index (κ1) is 18.5. The molecule has 4 rings (SSSR count). The number of aliphatic carboxylic acids is 1. The fourth-order valence-electron chi connectivity index (χ4n) is 6.39. The van der Waals surface area contributed by atoms with Crippen LogP contribution in [-0.2, 0) is 33.6 Å². The van der Waals surface area contributed by atoms with Gasteiger partial charge in [-0.2, -0.15) is 0 Å². The van der Waals surface area contributed by atoms with Crippen LogP contribution in [0.5, 0.6) is 0 Å². The summed E-state index contributed by atoms with van der Waals surface area (Å²) in [6.07, 6.45) is 6.96. The number of carbonyl (C=O) groups is 2. The minimum absolute atomic E-state index is 0.00850. The van der Waals surface area contributed by atoms with Gasteiger partial charge in [-0.15, -0.1) is 0 Å². The third kappa shape index (κ3) is 2.97. The Morgan fingerprint density at radius 1 is 1.19 bits per heavy atom. The van der Waals surface area contributed by atoms with Crippen molar-refractivity contribution in [2.75, 3.05) is 0 Å². The number of hydrogen-bond acceptors (Lipinski definition) is 3. The quantitative estimate of drug-likeness (QED) is 0.807. The molecule has 5 atom stereocenters. The predicted octanol–water partition coefficient (Wildman–Crippen LogP) is 4.27. The second-order valence-electron chi connectivity index (χ2n) is 9.11. The summed E-state index contributed by atoms with van der Waals surface area (Å²) in [5.41, 5.74) is 5.89. The molecule has 1 saturated carbocycles. The van der Waals surface area contributed by atoms with E-state index < -0.39 is 5.97 Å². The third-order valence-corrected chi connectivity index (χ3v) is 7.75. The second-order valence-corrected chi connectivity index (χ2v) is 9.11. The van der Waals surface area contributed by atoms with Crippen LogP contribution in [0.1, 0.15) is 74.6 Å². The van der Waals surface area contributed by atoms with Gasteiger partial charge in [0.25, 0.3) is 0 Å². The van der Waals surface area contributed by atoms with Crippen LogP contribution >= 0.6 is 0 Å². The van der Waals surface area contributed by atoms with Crippen molar-refractivity contribution in [3.8, 4) is 0 Å². The maximum atomic E-state index is 11.6. The molecule has 3 aliphatic rings. The van der Waals surface area contributed by atoms with E-state index in [0.717, 1.165) is 44.9 Å². The largest absolute Gasteiger partial charge is 0.481 e. The lowest BCUT2D eigenvalue weighted by Gasteiger charge is -2.44. The van der Waals surface area contributed by atoms with Gasteiger partial charge in [-0.05, 0) is 78.0 Å². The molecule has 4 nitrogen and oxygen atoms in total. The lowest BCUT2D eigenvalue weighted by molar-refractivity contribution is -0.147. The number of ether oxygens (including phenoxy) is 1. The van der Waals surface area contributed by atoms with E-state index in [-0.39, 0.29) is 29.3 Å². The Balaban J connectivity index is 1.64. The van der Waals surface area contributed by atoms with Crippen LogP contribution in [-0.4, -0.2) is 23.1 Å². The monoisotopic (exact) mass is 370 g/mol. The van der Waals surface area contributed by atoms with Crippen LogP contribution in [0.2, 0.25) is 0 Å². The molecule has 0 aliphatic heterocycles. The van der Waals surface area contributed by atoms with Gasteiger partial charge in [-0.1, -0.05) is 26.0 Å². The SMILES string of the molecule is CC(=O)OC1CCc2c(ccc3c2CCC2(C)C3CCC2C(C)C(=O)O)C1. The summed E-state index contributed by atoms with van der Waals surface area (Å²) in [7, 11) is 0. The van der Waals surface area contributed by atoms with Crippen LogP contribution in [0.25, 0.3) is 0 Å². The molecule has 1 aromatic carbocycles. The number of carboxylic acid groups (broad SMARTS) is 1. The molecule has 5 unspecified atom stereocenters. The molecule has 0 radical (unpaired) electrons. The van der Waals surface area contributed by atoms with E-state index in [4.69, 9.17) is 4.74 Å². The summed E-state index contributed by atoms with van der Waals surface area (Å²) in [6, 6.07) is 4.53. The molecule has 0 spiro atoms. The Morgan fingerprint density at radius 3 is 2.67 bits per heavy atom. The Labute approximate surface area is 161 Å². The van der Waals surface area contributed by atoms with Gasteiger partial charge in [0.05, 0.1) is 5.92 Å². The molecule has 4 heteroatoms. The molecule has 0 heterocycles. The summed E-state index contributed by atoms with van der Waals surface area (Å²) in [4.78, 5) is 22.9. The summed E-state index contributed by atoms with van der Waals surface area (Å²) in [5.74, 6) is -0.387. The van der Waals surface area contributed by atoms with Gasteiger partial charge >= 0.3 is 11.9 Å². The minimum atomic E-state index is -0.658. The molecule has 1 N–H and O–H groups in total. The fraction of sp³-hybridized carbons (Fsp3) is 0.652. The standard InChI is InChI=1S/C23H30O4/c1-13(22(25)26)20-8-9-21-19-6-4-15-12-16(27-14(2)24)5-7-17(15)18(19)10-11-23(20,21)3/h4,6,13,16,20-21H,5,7-12H2,1-3H3,(H,25,26). The average molecular weight is 370 g/mol. The number of benzene rings is 1. The smallest absolute Gasteiger partial charge is 0.306 e. The van der Waals surface area contributed by atoms with Crippen LogP contribution in [0.3, 0.4) is 0 Å². The molecule has 0 bridgehead atoms. The highest BCUT2D eigenvalue weighted by Gasteiger charge is 2.52. The van der Waals surface area contributed by atoms with Crippen molar-refractivity contribution < 1.29 is 19.4 Å². The van der Waals surface area contributed by atoms with Gasteiger partial charge in [0.15, 0.2) is 0 Å². The maximum Gasteiger partial charge on any atom is 0.306 e. The molecule has 0 aromatic heterocycles. The van der Waals surface area contributed by atoms with E-state index in [1.54, 1.807) is 0 Å². The van der Waals surface area contributed by atoms with Crippen LogP contribution < -0.4 is 0 Å². The maximum absolute atomic E-state index is 11.6. The minimum Gasteiger partial charge on any atom is -0.481 e. The number of carbonyl (C=O) groups excluding carboxylic acids is 1. The zero-order chi connectivity index (χ0) is 19.3. The van der Waals surface area contributed by atoms with Gasteiger partial charge < -0.3 is 9.84 Å². The van der Waals surface area contributed by atoms with E-state index in [1.807, 2.05) is 6.92 Å². The first-order chi connectivity index (χ1) is 12.8. The fourth-order valence-corrected chi connectivity index (χ4v) is 6.39. The van der Waals surface area contributed by atoms with Gasteiger partial charge in [0.1, 0.15) is 6.10 Å². The van der Waals surface area contributed by atoms with Gasteiger partial charge in [-0.25, -0.2) is 0 Å². The van der Waals surface area contributed by atoms with E-state index >= 15 is 0 Å². The van der Waals surface area contributed by atoms with Gasteiger partial charge in [0, 0.05) is 13.3 Å². The molecule has 146 valence electrons. The molecule has 27 heavy (non-hydrogen) atoms. The van der Waals surface area contributed by atoms with Gasteiger partial charge in [0.2, 0.25) is 0 Å². The molecule has 0 amide bonds. The highest BCUT2D eigenvalue weighted by Crippen LogP contribution is 2.61.